The molecule has 6 heteroatoms. The van der Waals surface area contributed by atoms with Crippen LogP contribution >= 0.6 is 11.6 Å². The number of carbonyl (C=O) groups is 1. The highest BCUT2D eigenvalue weighted by Crippen LogP contribution is 2.37. The largest absolute Gasteiger partial charge is 0.492 e. The molecule has 0 bridgehead atoms. The van der Waals surface area contributed by atoms with Crippen molar-refractivity contribution in [3.8, 4) is 5.75 Å². The number of fused-ring (bicyclic) bond motifs is 1. The molecule has 0 saturated carbocycles. The fraction of sp³-hybridized carbons (Fsp3) is 0.562. The summed E-state index contributed by atoms with van der Waals surface area (Å²) >= 11 is 6.25. The van der Waals surface area contributed by atoms with Crippen LogP contribution < -0.4 is 10.1 Å². The molecule has 1 amide bonds. The summed E-state index contributed by atoms with van der Waals surface area (Å²) in [4.78, 5) is 11.8. The quantitative estimate of drug-likeness (QED) is 0.894. The summed E-state index contributed by atoms with van der Waals surface area (Å²) in [6.07, 6.45) is 1.20. The third-order valence-electron chi connectivity index (χ3n) is 3.34. The number of hydrogen-bond acceptors (Lipinski definition) is 4. The van der Waals surface area contributed by atoms with Crippen molar-refractivity contribution in [1.82, 2.24) is 5.32 Å². The Kier molecular flexibility index (Phi) is 5.19. The SMILES string of the molecule is CC(C)(C)OC(=O)NCc1cc(Cl)c2c(c1CO)CCCO2. The van der Waals surface area contributed by atoms with Crippen LogP contribution in [-0.2, 0) is 24.3 Å². The van der Waals surface area contributed by atoms with Crippen LogP contribution in [0.25, 0.3) is 0 Å². The predicted octanol–water partition coefficient (Wildman–Crippen LogP) is 3.18. The molecule has 0 radical (unpaired) electrons. The van der Waals surface area contributed by atoms with Gasteiger partial charge in [0.15, 0.2) is 0 Å². The smallest absolute Gasteiger partial charge is 0.407 e. The van der Waals surface area contributed by atoms with Gasteiger partial charge in [-0.2, -0.15) is 0 Å². The van der Waals surface area contributed by atoms with Crippen molar-refractivity contribution in [2.24, 2.45) is 0 Å². The van der Waals surface area contributed by atoms with Crippen LogP contribution in [0.15, 0.2) is 6.07 Å². The average Bonchev–Trinajstić information content (AvgIpc) is 2.43. The molecule has 1 aromatic carbocycles. The van der Waals surface area contributed by atoms with Gasteiger partial charge in [-0.25, -0.2) is 4.79 Å². The minimum Gasteiger partial charge on any atom is -0.492 e. The number of alkyl carbamates (subject to hydrolysis) is 1. The molecular weight excluding hydrogens is 306 g/mol. The maximum atomic E-state index is 11.8. The number of nitrogens with one attached hydrogen (secondary N) is 1. The van der Waals surface area contributed by atoms with E-state index in [1.807, 2.05) is 0 Å². The van der Waals surface area contributed by atoms with Gasteiger partial charge in [0.2, 0.25) is 0 Å². The number of aliphatic hydroxyl groups excluding tert-OH is 1. The normalized spacial score (nSPS) is 14.0. The highest BCUT2D eigenvalue weighted by atomic mass is 35.5. The van der Waals surface area contributed by atoms with Gasteiger partial charge in [-0.1, -0.05) is 11.6 Å². The van der Waals surface area contributed by atoms with Gasteiger partial charge in [-0.3, -0.25) is 0 Å². The van der Waals surface area contributed by atoms with E-state index in [1.165, 1.54) is 0 Å². The molecule has 1 heterocycles. The number of aliphatic hydroxyl groups is 1. The van der Waals surface area contributed by atoms with Crippen molar-refractivity contribution in [1.29, 1.82) is 0 Å². The molecule has 2 rings (SSSR count). The summed E-state index contributed by atoms with van der Waals surface area (Å²) < 4.78 is 10.8. The molecule has 1 aliphatic rings. The van der Waals surface area contributed by atoms with Gasteiger partial charge in [-0.05, 0) is 50.8 Å². The maximum Gasteiger partial charge on any atom is 0.407 e. The highest BCUT2D eigenvalue weighted by Gasteiger charge is 2.22. The highest BCUT2D eigenvalue weighted by molar-refractivity contribution is 6.32. The van der Waals surface area contributed by atoms with Gasteiger partial charge in [0, 0.05) is 12.1 Å². The Hall–Kier alpha value is -1.46. The first kappa shape index (κ1) is 16.9. The first-order chi connectivity index (χ1) is 10.3. The summed E-state index contributed by atoms with van der Waals surface area (Å²) in [5.41, 5.74) is 1.94. The van der Waals surface area contributed by atoms with Crippen molar-refractivity contribution >= 4 is 17.7 Å². The fourth-order valence-electron chi connectivity index (χ4n) is 2.46. The maximum absolute atomic E-state index is 11.8. The van der Waals surface area contributed by atoms with Gasteiger partial charge >= 0.3 is 6.09 Å². The number of benzene rings is 1. The fourth-order valence-corrected chi connectivity index (χ4v) is 2.76. The molecule has 22 heavy (non-hydrogen) atoms. The Bertz CT molecular complexity index is 566. The van der Waals surface area contributed by atoms with Crippen molar-refractivity contribution in [2.75, 3.05) is 6.61 Å². The molecule has 0 saturated heterocycles. The van der Waals surface area contributed by atoms with Gasteiger partial charge in [0.1, 0.15) is 11.4 Å². The number of amides is 1. The monoisotopic (exact) mass is 327 g/mol. The van der Waals surface area contributed by atoms with Crippen molar-refractivity contribution < 1.29 is 19.4 Å². The van der Waals surface area contributed by atoms with E-state index >= 15 is 0 Å². The molecule has 2 N–H and O–H groups in total. The molecule has 0 atom stereocenters. The van der Waals surface area contributed by atoms with E-state index < -0.39 is 11.7 Å². The summed E-state index contributed by atoms with van der Waals surface area (Å²) in [7, 11) is 0. The average molecular weight is 328 g/mol. The summed E-state index contributed by atoms with van der Waals surface area (Å²) in [6, 6.07) is 1.73. The van der Waals surface area contributed by atoms with Gasteiger partial charge < -0.3 is 19.9 Å². The molecule has 0 aromatic heterocycles. The topological polar surface area (TPSA) is 67.8 Å². The Morgan fingerprint density at radius 1 is 1.50 bits per heavy atom. The van der Waals surface area contributed by atoms with E-state index in [-0.39, 0.29) is 13.2 Å². The van der Waals surface area contributed by atoms with E-state index in [0.29, 0.717) is 17.4 Å². The molecule has 122 valence electrons. The van der Waals surface area contributed by atoms with E-state index in [1.54, 1.807) is 26.8 Å². The van der Waals surface area contributed by atoms with Crippen molar-refractivity contribution in [3.63, 3.8) is 0 Å². The lowest BCUT2D eigenvalue weighted by atomic mass is 9.95. The molecule has 0 spiro atoms. The number of rotatable bonds is 3. The Morgan fingerprint density at radius 2 is 2.23 bits per heavy atom. The zero-order valence-corrected chi connectivity index (χ0v) is 13.9. The molecule has 0 unspecified atom stereocenters. The summed E-state index contributed by atoms with van der Waals surface area (Å²) in [5.74, 6) is 0.651. The molecule has 1 aliphatic heterocycles. The van der Waals surface area contributed by atoms with Crippen LogP contribution in [0.5, 0.6) is 5.75 Å². The van der Waals surface area contributed by atoms with E-state index in [9.17, 15) is 9.90 Å². The van der Waals surface area contributed by atoms with E-state index in [4.69, 9.17) is 21.1 Å². The molecule has 0 aliphatic carbocycles. The van der Waals surface area contributed by atoms with Crippen LogP contribution in [0, 0.1) is 0 Å². The Balaban J connectivity index is 2.17. The van der Waals surface area contributed by atoms with Crippen molar-refractivity contribution in [3.05, 3.63) is 27.8 Å². The number of hydrogen-bond donors (Lipinski definition) is 2. The van der Waals surface area contributed by atoms with Crippen molar-refractivity contribution in [2.45, 2.75) is 52.4 Å². The first-order valence-corrected chi connectivity index (χ1v) is 7.73. The number of carbonyl (C=O) groups excluding carboxylic acids is 1. The lowest BCUT2D eigenvalue weighted by molar-refractivity contribution is 0.0523. The third kappa shape index (κ3) is 4.05. The van der Waals surface area contributed by atoms with E-state index in [0.717, 1.165) is 29.5 Å². The molecule has 5 nitrogen and oxygen atoms in total. The van der Waals surface area contributed by atoms with Gasteiger partial charge in [0.05, 0.1) is 18.2 Å². The van der Waals surface area contributed by atoms with Gasteiger partial charge in [0.25, 0.3) is 0 Å². The third-order valence-corrected chi connectivity index (χ3v) is 3.62. The zero-order chi connectivity index (χ0) is 16.3. The van der Waals surface area contributed by atoms with Crippen LogP contribution in [0.1, 0.15) is 43.9 Å². The minimum atomic E-state index is -0.550. The second kappa shape index (κ2) is 6.75. The van der Waals surface area contributed by atoms with Crippen LogP contribution in [0.4, 0.5) is 4.79 Å². The molecule has 0 fully saturated rings. The number of ether oxygens (including phenoxy) is 2. The second-order valence-electron chi connectivity index (χ2n) is 6.27. The van der Waals surface area contributed by atoms with E-state index in [2.05, 4.69) is 5.32 Å². The number of halogens is 1. The minimum absolute atomic E-state index is 0.117. The standard InChI is InChI=1S/C16H22ClNO4/c1-16(2,3)22-15(20)18-8-10-7-13(17)14-11(12(10)9-19)5-4-6-21-14/h7,19H,4-6,8-9H2,1-3H3,(H,18,20). The second-order valence-corrected chi connectivity index (χ2v) is 6.68. The van der Waals surface area contributed by atoms with Gasteiger partial charge in [-0.15, -0.1) is 0 Å². The molecular formula is C16H22ClNO4. The van der Waals surface area contributed by atoms with Crippen LogP contribution in [0.3, 0.4) is 0 Å². The first-order valence-electron chi connectivity index (χ1n) is 7.35. The lowest BCUT2D eigenvalue weighted by Crippen LogP contribution is -2.32. The summed E-state index contributed by atoms with van der Waals surface area (Å²) in [6.45, 7) is 6.18. The zero-order valence-electron chi connectivity index (χ0n) is 13.2. The Labute approximate surface area is 135 Å². The molecule has 1 aromatic rings. The summed E-state index contributed by atoms with van der Waals surface area (Å²) in [5, 5.41) is 12.9. The van der Waals surface area contributed by atoms with Crippen LogP contribution in [-0.4, -0.2) is 23.4 Å². The van der Waals surface area contributed by atoms with Crippen LogP contribution in [0.2, 0.25) is 5.02 Å². The lowest BCUT2D eigenvalue weighted by Gasteiger charge is -2.24. The Morgan fingerprint density at radius 3 is 2.86 bits per heavy atom. The predicted molar refractivity (Wildman–Crippen MR) is 84.3 cm³/mol.